The van der Waals surface area contributed by atoms with Gasteiger partial charge in [-0.25, -0.2) is 4.98 Å². The van der Waals surface area contributed by atoms with E-state index >= 15 is 0 Å². The predicted octanol–water partition coefficient (Wildman–Crippen LogP) is 2.99. The number of aromatic nitrogens is 2. The number of amides is 1. The van der Waals surface area contributed by atoms with Crippen LogP contribution in [0.15, 0.2) is 52.3 Å². The number of morpholine rings is 1. The van der Waals surface area contributed by atoms with Crippen LogP contribution in [0.4, 0.5) is 5.82 Å². The van der Waals surface area contributed by atoms with Crippen molar-refractivity contribution in [3.05, 3.63) is 69.0 Å². The van der Waals surface area contributed by atoms with Crippen LogP contribution in [-0.4, -0.2) is 71.6 Å². The Morgan fingerprint density at radius 2 is 1.89 bits per heavy atom. The molecule has 5 rings (SSSR count). The molecule has 3 aromatic rings. The molecule has 2 aliphatic rings. The topological polar surface area (TPSA) is 85.6 Å². The van der Waals surface area contributed by atoms with Gasteiger partial charge >= 0.3 is 0 Å². The summed E-state index contributed by atoms with van der Waals surface area (Å²) in [6, 6.07) is 11.1. The fourth-order valence-electron chi connectivity index (χ4n) is 4.33. The van der Waals surface area contributed by atoms with Crippen molar-refractivity contribution in [3.8, 4) is 11.5 Å². The molecule has 4 heterocycles. The fraction of sp³-hybridized carbons (Fsp3) is 0.308. The second kappa shape index (κ2) is 10.9. The van der Waals surface area contributed by atoms with Gasteiger partial charge in [0.1, 0.15) is 15.8 Å². The monoisotopic (exact) mass is 538 g/mol. The van der Waals surface area contributed by atoms with Gasteiger partial charge in [0.15, 0.2) is 11.5 Å². The molecule has 0 radical (unpaired) electrons. The van der Waals surface area contributed by atoms with Crippen LogP contribution >= 0.6 is 24.0 Å². The Morgan fingerprint density at radius 1 is 1.11 bits per heavy atom. The quantitative estimate of drug-likeness (QED) is 0.333. The molecule has 2 fully saturated rings. The summed E-state index contributed by atoms with van der Waals surface area (Å²) < 4.78 is 18.1. The number of hydrogen-bond donors (Lipinski definition) is 0. The predicted molar refractivity (Wildman–Crippen MR) is 148 cm³/mol. The SMILES string of the molecule is COc1ccc(CCN2C(=O)/C(=C\c3c(N4CCOCC4)nc4ccccn4c3=O)SC2=S)cc1OC. The van der Waals surface area contributed by atoms with Crippen LogP contribution in [0, 0.1) is 0 Å². The van der Waals surface area contributed by atoms with Gasteiger partial charge in [0.25, 0.3) is 11.5 Å². The van der Waals surface area contributed by atoms with Gasteiger partial charge in [-0.05, 0) is 42.3 Å². The molecule has 0 atom stereocenters. The van der Waals surface area contributed by atoms with Gasteiger partial charge in [-0.2, -0.15) is 0 Å². The first-order valence-corrected chi connectivity index (χ1v) is 13.0. The van der Waals surface area contributed by atoms with Crippen LogP contribution in [-0.2, 0) is 16.0 Å². The van der Waals surface area contributed by atoms with E-state index < -0.39 is 0 Å². The average molecular weight is 539 g/mol. The molecule has 0 bridgehead atoms. The number of rotatable bonds is 7. The number of ether oxygens (including phenoxy) is 3. The second-order valence-electron chi connectivity index (χ2n) is 8.46. The van der Waals surface area contributed by atoms with E-state index in [0.717, 1.165) is 5.56 Å². The van der Waals surface area contributed by atoms with Crippen molar-refractivity contribution in [2.45, 2.75) is 6.42 Å². The van der Waals surface area contributed by atoms with E-state index in [2.05, 4.69) is 0 Å². The molecule has 0 spiro atoms. The second-order valence-corrected chi connectivity index (χ2v) is 10.1. The van der Waals surface area contributed by atoms with E-state index in [1.165, 1.54) is 16.2 Å². The van der Waals surface area contributed by atoms with Gasteiger partial charge in [-0.3, -0.25) is 18.9 Å². The fourth-order valence-corrected chi connectivity index (χ4v) is 5.62. The first-order valence-electron chi connectivity index (χ1n) is 11.8. The normalized spacial score (nSPS) is 17.2. The van der Waals surface area contributed by atoms with Gasteiger partial charge in [0, 0.05) is 25.8 Å². The first-order chi connectivity index (χ1) is 18.0. The number of nitrogens with zero attached hydrogens (tertiary/aromatic N) is 4. The van der Waals surface area contributed by atoms with Crippen molar-refractivity contribution in [1.29, 1.82) is 0 Å². The Balaban J connectivity index is 1.44. The number of fused-ring (bicyclic) bond motifs is 1. The maximum Gasteiger partial charge on any atom is 0.267 e. The Morgan fingerprint density at radius 3 is 2.65 bits per heavy atom. The largest absolute Gasteiger partial charge is 0.493 e. The number of pyridine rings is 1. The standard InChI is InChI=1S/C26H26N4O5S2/c1-33-19-7-6-17(15-20(19)34-2)8-10-30-25(32)21(37-26(30)36)16-18-23(28-11-13-35-14-12-28)27-22-5-3-4-9-29(22)24(18)31/h3-7,9,15-16H,8,10-14H2,1-2H3/b21-16+. The molecular formula is C26H26N4O5S2. The first kappa shape index (κ1) is 25.2. The lowest BCUT2D eigenvalue weighted by Gasteiger charge is -2.29. The molecule has 0 unspecified atom stereocenters. The third kappa shape index (κ3) is 5.07. The lowest BCUT2D eigenvalue weighted by atomic mass is 10.1. The van der Waals surface area contributed by atoms with Crippen molar-refractivity contribution in [1.82, 2.24) is 14.3 Å². The van der Waals surface area contributed by atoms with Crippen molar-refractivity contribution in [3.63, 3.8) is 0 Å². The molecule has 2 aromatic heterocycles. The Labute approximate surface area is 223 Å². The van der Waals surface area contributed by atoms with Crippen LogP contribution in [0.3, 0.4) is 0 Å². The third-order valence-electron chi connectivity index (χ3n) is 6.28. The van der Waals surface area contributed by atoms with E-state index in [4.69, 9.17) is 31.4 Å². The Hall–Kier alpha value is -3.41. The highest BCUT2D eigenvalue weighted by Crippen LogP contribution is 2.34. The van der Waals surface area contributed by atoms with E-state index in [9.17, 15) is 9.59 Å². The van der Waals surface area contributed by atoms with E-state index in [1.54, 1.807) is 43.5 Å². The van der Waals surface area contributed by atoms with Gasteiger partial charge in [-0.15, -0.1) is 0 Å². The molecule has 1 aromatic carbocycles. The number of benzene rings is 1. The summed E-state index contributed by atoms with van der Waals surface area (Å²) in [5.41, 5.74) is 1.67. The van der Waals surface area contributed by atoms with E-state index in [1.807, 2.05) is 29.2 Å². The minimum Gasteiger partial charge on any atom is -0.493 e. The minimum absolute atomic E-state index is 0.221. The summed E-state index contributed by atoms with van der Waals surface area (Å²) in [4.78, 5) is 35.7. The molecule has 9 nitrogen and oxygen atoms in total. The number of carbonyl (C=O) groups excluding carboxylic acids is 1. The zero-order valence-electron chi connectivity index (χ0n) is 20.5. The number of methoxy groups -OCH3 is 2. The zero-order valence-corrected chi connectivity index (χ0v) is 22.1. The maximum absolute atomic E-state index is 13.5. The summed E-state index contributed by atoms with van der Waals surface area (Å²) in [6.07, 6.45) is 3.90. The zero-order chi connectivity index (χ0) is 25.9. The smallest absolute Gasteiger partial charge is 0.267 e. The molecule has 11 heteroatoms. The van der Waals surface area contributed by atoms with Crippen LogP contribution < -0.4 is 19.9 Å². The van der Waals surface area contributed by atoms with E-state index in [-0.39, 0.29) is 11.5 Å². The van der Waals surface area contributed by atoms with Gasteiger partial charge in [-0.1, -0.05) is 36.1 Å². The summed E-state index contributed by atoms with van der Waals surface area (Å²) in [6.45, 7) is 2.73. The molecule has 0 aliphatic carbocycles. The molecule has 1 amide bonds. The van der Waals surface area contributed by atoms with E-state index in [0.29, 0.717) is 77.0 Å². The lowest BCUT2D eigenvalue weighted by molar-refractivity contribution is -0.122. The van der Waals surface area contributed by atoms with Gasteiger partial charge < -0.3 is 19.1 Å². The Bertz CT molecular complexity index is 1450. The summed E-state index contributed by atoms with van der Waals surface area (Å²) in [5.74, 6) is 1.60. The number of thiocarbonyl (C=S) groups is 1. The molecule has 37 heavy (non-hydrogen) atoms. The summed E-state index contributed by atoms with van der Waals surface area (Å²) in [7, 11) is 3.18. The highest BCUT2D eigenvalue weighted by molar-refractivity contribution is 8.26. The molecule has 2 aliphatic heterocycles. The summed E-state index contributed by atoms with van der Waals surface area (Å²) in [5, 5.41) is 0. The van der Waals surface area contributed by atoms with Crippen molar-refractivity contribution in [2.24, 2.45) is 0 Å². The highest BCUT2D eigenvalue weighted by Gasteiger charge is 2.33. The van der Waals surface area contributed by atoms with Gasteiger partial charge in [0.2, 0.25) is 0 Å². The van der Waals surface area contributed by atoms with Crippen LogP contribution in [0.25, 0.3) is 11.7 Å². The van der Waals surface area contributed by atoms with Crippen molar-refractivity contribution < 1.29 is 19.0 Å². The highest BCUT2D eigenvalue weighted by atomic mass is 32.2. The van der Waals surface area contributed by atoms with Crippen LogP contribution in [0.2, 0.25) is 0 Å². The number of thioether (sulfide) groups is 1. The number of hydrogen-bond acceptors (Lipinski definition) is 9. The molecule has 0 saturated carbocycles. The van der Waals surface area contributed by atoms with Crippen molar-refractivity contribution in [2.75, 3.05) is 52.0 Å². The lowest BCUT2D eigenvalue weighted by Crippen LogP contribution is -2.38. The Kier molecular flexibility index (Phi) is 7.45. The van der Waals surface area contributed by atoms with Crippen LogP contribution in [0.1, 0.15) is 11.1 Å². The number of anilines is 1. The van der Waals surface area contributed by atoms with Gasteiger partial charge in [0.05, 0.1) is 37.9 Å². The average Bonchev–Trinajstić information content (AvgIpc) is 3.20. The minimum atomic E-state index is -0.234. The summed E-state index contributed by atoms with van der Waals surface area (Å²) >= 11 is 6.74. The van der Waals surface area contributed by atoms with Crippen LogP contribution in [0.5, 0.6) is 11.5 Å². The maximum atomic E-state index is 13.5. The third-order valence-corrected chi connectivity index (χ3v) is 7.66. The molecule has 0 N–H and O–H groups in total. The van der Waals surface area contributed by atoms with Crippen molar-refractivity contribution >= 4 is 51.7 Å². The molecular weight excluding hydrogens is 512 g/mol. The molecule has 192 valence electrons. The number of carbonyl (C=O) groups is 1. The molecule has 2 saturated heterocycles.